The summed E-state index contributed by atoms with van der Waals surface area (Å²) in [6.45, 7) is 0. The van der Waals surface area contributed by atoms with Crippen molar-refractivity contribution in [2.24, 2.45) is 0 Å². The third-order valence-corrected chi connectivity index (χ3v) is 12.4. The minimum Gasteiger partial charge on any atom is -0.309 e. The van der Waals surface area contributed by atoms with Crippen LogP contribution in [0.1, 0.15) is 11.1 Å². The van der Waals surface area contributed by atoms with Crippen molar-refractivity contribution in [3.05, 3.63) is 223 Å². The van der Waals surface area contributed by atoms with Gasteiger partial charge in [0.1, 0.15) is 0 Å². The van der Waals surface area contributed by atoms with Crippen LogP contribution in [0.5, 0.6) is 0 Å². The Morgan fingerprint density at radius 1 is 0.333 bits per heavy atom. The molecule has 9 aromatic carbocycles. The zero-order valence-electron chi connectivity index (χ0n) is 35.3. The second-order valence-corrected chi connectivity index (χ2v) is 16.3. The highest BCUT2D eigenvalue weighted by Crippen LogP contribution is 2.43. The number of para-hydroxylation sites is 4. The van der Waals surface area contributed by atoms with E-state index >= 15 is 0 Å². The Bertz CT molecular complexity index is 3860. The van der Waals surface area contributed by atoms with Crippen molar-refractivity contribution in [2.45, 2.75) is 0 Å². The molecule has 0 atom stereocenters. The molecule has 0 aliphatic heterocycles. The highest BCUT2D eigenvalue weighted by Gasteiger charge is 2.23. The maximum atomic E-state index is 9.82. The molecule has 66 heavy (non-hydrogen) atoms. The van der Waals surface area contributed by atoms with Crippen molar-refractivity contribution in [3.63, 3.8) is 0 Å². The third-order valence-electron chi connectivity index (χ3n) is 12.4. The molecule has 0 saturated heterocycles. The van der Waals surface area contributed by atoms with Crippen molar-refractivity contribution >= 4 is 43.6 Å². The SMILES string of the molecule is N#Cc1cc(C#N)cc(-c2ccc3c(c2)c2ccccc2n3-c2ccc(-c3cccc4c5ccccc5n(-c5ccccc5)c34)cc2-c2nc(-c3ccccc3)nc(-c3ccccc3)n2)c1. The molecule has 0 amide bonds. The molecule has 7 heteroatoms. The fourth-order valence-electron chi connectivity index (χ4n) is 9.44. The molecule has 3 aromatic heterocycles. The lowest BCUT2D eigenvalue weighted by atomic mass is 9.98. The molecule has 12 rings (SSSR count). The van der Waals surface area contributed by atoms with Crippen LogP contribution in [0, 0.1) is 22.7 Å². The topological polar surface area (TPSA) is 96.1 Å². The quantitative estimate of drug-likeness (QED) is 0.159. The van der Waals surface area contributed by atoms with Crippen molar-refractivity contribution in [3.8, 4) is 79.9 Å². The van der Waals surface area contributed by atoms with E-state index in [-0.39, 0.29) is 0 Å². The van der Waals surface area contributed by atoms with E-state index < -0.39 is 0 Å². The van der Waals surface area contributed by atoms with Gasteiger partial charge in [0.25, 0.3) is 0 Å². The van der Waals surface area contributed by atoms with E-state index in [0.29, 0.717) is 28.6 Å². The van der Waals surface area contributed by atoms with Crippen LogP contribution in [0.25, 0.3) is 111 Å². The zero-order chi connectivity index (χ0) is 44.1. The van der Waals surface area contributed by atoms with Gasteiger partial charge in [-0.2, -0.15) is 10.5 Å². The summed E-state index contributed by atoms with van der Waals surface area (Å²) in [5.41, 5.74) is 13.5. The van der Waals surface area contributed by atoms with E-state index in [0.717, 1.165) is 88.5 Å². The van der Waals surface area contributed by atoms with Crippen LogP contribution in [0.4, 0.5) is 0 Å². The smallest absolute Gasteiger partial charge is 0.166 e. The van der Waals surface area contributed by atoms with Crippen molar-refractivity contribution in [1.29, 1.82) is 10.5 Å². The molecule has 0 spiro atoms. The summed E-state index contributed by atoms with van der Waals surface area (Å²) in [6, 6.07) is 77.0. The number of nitrogens with zero attached hydrogens (tertiary/aromatic N) is 7. The lowest BCUT2D eigenvalue weighted by molar-refractivity contribution is 1.06. The molecular weight excluding hydrogens is 807 g/mol. The first-order valence-corrected chi connectivity index (χ1v) is 21.7. The van der Waals surface area contributed by atoms with E-state index in [4.69, 9.17) is 15.0 Å². The predicted octanol–water partition coefficient (Wildman–Crippen LogP) is 14.1. The van der Waals surface area contributed by atoms with Crippen LogP contribution in [0.15, 0.2) is 212 Å². The van der Waals surface area contributed by atoms with Gasteiger partial charge in [-0.15, -0.1) is 0 Å². The Kier molecular flexibility index (Phi) is 9.12. The highest BCUT2D eigenvalue weighted by molar-refractivity contribution is 6.14. The van der Waals surface area contributed by atoms with Gasteiger partial charge in [-0.3, -0.25) is 0 Å². The van der Waals surface area contributed by atoms with Gasteiger partial charge in [0.2, 0.25) is 0 Å². The average Bonchev–Trinajstić information content (AvgIpc) is 3.91. The molecule has 0 aliphatic rings. The predicted molar refractivity (Wildman–Crippen MR) is 265 cm³/mol. The third kappa shape index (κ3) is 6.39. The Labute approximate surface area is 380 Å². The van der Waals surface area contributed by atoms with Gasteiger partial charge in [-0.25, -0.2) is 15.0 Å². The fraction of sp³-hybridized carbons (Fsp3) is 0. The highest BCUT2D eigenvalue weighted by atomic mass is 15.1. The number of aromatic nitrogens is 5. The number of hydrogen-bond donors (Lipinski definition) is 0. The fourth-order valence-corrected chi connectivity index (χ4v) is 9.44. The van der Waals surface area contributed by atoms with Gasteiger partial charge in [0, 0.05) is 49.5 Å². The first kappa shape index (κ1) is 38.3. The molecule has 0 unspecified atom stereocenters. The van der Waals surface area contributed by atoms with Gasteiger partial charge >= 0.3 is 0 Å². The molecule has 12 aromatic rings. The van der Waals surface area contributed by atoms with Gasteiger partial charge in [0.05, 0.1) is 51.0 Å². The first-order chi connectivity index (χ1) is 32.6. The summed E-state index contributed by atoms with van der Waals surface area (Å²) in [7, 11) is 0. The Morgan fingerprint density at radius 3 is 1.52 bits per heavy atom. The van der Waals surface area contributed by atoms with E-state index in [1.54, 1.807) is 6.07 Å². The molecule has 3 heterocycles. The summed E-state index contributed by atoms with van der Waals surface area (Å²) in [5.74, 6) is 1.69. The van der Waals surface area contributed by atoms with Gasteiger partial charge in [0.15, 0.2) is 17.5 Å². The van der Waals surface area contributed by atoms with Crippen LogP contribution in [-0.4, -0.2) is 24.1 Å². The van der Waals surface area contributed by atoms with Gasteiger partial charge in [-0.05, 0) is 83.4 Å². The normalized spacial score (nSPS) is 11.3. The van der Waals surface area contributed by atoms with Crippen LogP contribution in [0.3, 0.4) is 0 Å². The van der Waals surface area contributed by atoms with E-state index in [1.807, 2.05) is 72.8 Å². The van der Waals surface area contributed by atoms with Crippen molar-refractivity contribution in [2.75, 3.05) is 0 Å². The maximum absolute atomic E-state index is 9.82. The lowest BCUT2D eigenvalue weighted by Crippen LogP contribution is -2.04. The van der Waals surface area contributed by atoms with E-state index in [2.05, 4.69) is 155 Å². The summed E-state index contributed by atoms with van der Waals surface area (Å²) < 4.78 is 4.67. The van der Waals surface area contributed by atoms with Crippen LogP contribution >= 0.6 is 0 Å². The molecule has 0 N–H and O–H groups in total. The largest absolute Gasteiger partial charge is 0.309 e. The van der Waals surface area contributed by atoms with Gasteiger partial charge < -0.3 is 9.13 Å². The number of rotatable bonds is 7. The monoisotopic (exact) mass is 841 g/mol. The molecule has 7 nitrogen and oxygen atoms in total. The van der Waals surface area contributed by atoms with Gasteiger partial charge in [-0.1, -0.05) is 146 Å². The molecule has 0 fully saturated rings. The number of fused-ring (bicyclic) bond motifs is 6. The molecule has 0 bridgehead atoms. The second kappa shape index (κ2) is 15.7. The second-order valence-electron chi connectivity index (χ2n) is 16.3. The van der Waals surface area contributed by atoms with E-state index in [9.17, 15) is 10.5 Å². The molecule has 0 aliphatic carbocycles. The summed E-state index contributed by atoms with van der Waals surface area (Å²) in [5, 5.41) is 24.1. The number of benzene rings is 9. The Hall–Kier alpha value is -9.43. The maximum Gasteiger partial charge on any atom is 0.166 e. The van der Waals surface area contributed by atoms with E-state index in [1.165, 1.54) is 5.39 Å². The van der Waals surface area contributed by atoms with Crippen molar-refractivity contribution < 1.29 is 0 Å². The Morgan fingerprint density at radius 2 is 0.864 bits per heavy atom. The van der Waals surface area contributed by atoms with Crippen LogP contribution < -0.4 is 0 Å². The molecule has 0 radical (unpaired) electrons. The zero-order valence-corrected chi connectivity index (χ0v) is 35.3. The molecular formula is C59H35N7. The Balaban J connectivity index is 1.16. The standard InChI is InChI=1S/C59H35N7/c60-36-38-31-39(37-61)33-44(32-38)42-27-29-54-50(34-42)48-22-11-13-26-53(48)66(54)55-30-28-43(46-23-14-24-49-47-21-10-12-25-52(47)65(56(46)49)45-19-8-3-9-20-45)35-51(55)59-63-57(40-15-4-1-5-16-40)62-58(64-59)41-17-6-2-7-18-41/h1-35H. The lowest BCUT2D eigenvalue weighted by Gasteiger charge is -2.17. The summed E-state index contributed by atoms with van der Waals surface area (Å²) >= 11 is 0. The summed E-state index contributed by atoms with van der Waals surface area (Å²) in [6.07, 6.45) is 0. The molecule has 0 saturated carbocycles. The first-order valence-electron chi connectivity index (χ1n) is 21.7. The molecule has 306 valence electrons. The summed E-state index contributed by atoms with van der Waals surface area (Å²) in [4.78, 5) is 15.7. The minimum atomic E-state index is 0.443. The minimum absolute atomic E-state index is 0.443. The average molecular weight is 842 g/mol. The van der Waals surface area contributed by atoms with Crippen LogP contribution in [-0.2, 0) is 0 Å². The number of nitriles is 2. The van der Waals surface area contributed by atoms with Crippen molar-refractivity contribution in [1.82, 2.24) is 24.1 Å². The number of hydrogen-bond acceptors (Lipinski definition) is 5. The van der Waals surface area contributed by atoms with Crippen LogP contribution in [0.2, 0.25) is 0 Å².